The highest BCUT2D eigenvalue weighted by Gasteiger charge is 2.62. The molecule has 1 saturated carbocycles. The number of anilines is 1. The molecule has 0 bridgehead atoms. The quantitative estimate of drug-likeness (QED) is 0.366. The second kappa shape index (κ2) is 8.38. The monoisotopic (exact) mass is 560 g/mol. The molecule has 0 N–H and O–H groups in total. The first-order valence-electron chi connectivity index (χ1n) is 11.5. The third kappa shape index (κ3) is 3.70. The fraction of sp³-hybridized carbons (Fsp3) is 0.280. The molecule has 1 aliphatic heterocycles. The van der Waals surface area contributed by atoms with Gasteiger partial charge in [0.15, 0.2) is 0 Å². The molecule has 8 nitrogen and oxygen atoms in total. The van der Waals surface area contributed by atoms with Crippen LogP contribution in [0.15, 0.2) is 52.3 Å². The standard InChI is InChI=1S/C25H17Cl2F3N6O2/c26-15-3-5-34-18(8-15)32-9-19(34)36-22(37)20(14-1-2-17(28)16(27)7-14)21(35(6-4-31)23(36)38)33-12-24(13-33)10-25(29,30)11-24/h1-3,5,7-9H,6,10-13H2. The molecule has 38 heavy (non-hydrogen) atoms. The van der Waals surface area contributed by atoms with E-state index in [2.05, 4.69) is 4.98 Å². The van der Waals surface area contributed by atoms with Crippen LogP contribution in [0.4, 0.5) is 19.0 Å². The van der Waals surface area contributed by atoms with Crippen LogP contribution in [0.3, 0.4) is 0 Å². The molecule has 194 valence electrons. The maximum Gasteiger partial charge on any atom is 0.339 e. The molecule has 6 rings (SSSR count). The summed E-state index contributed by atoms with van der Waals surface area (Å²) in [5.41, 5.74) is -1.67. The number of halogens is 5. The van der Waals surface area contributed by atoms with Crippen LogP contribution in [-0.4, -0.2) is 37.5 Å². The largest absolute Gasteiger partial charge is 0.356 e. The number of benzene rings is 1. The van der Waals surface area contributed by atoms with Crippen molar-refractivity contribution in [3.63, 3.8) is 0 Å². The van der Waals surface area contributed by atoms with E-state index in [-0.39, 0.29) is 53.7 Å². The van der Waals surface area contributed by atoms with Crippen molar-refractivity contribution >= 4 is 34.7 Å². The zero-order chi connectivity index (χ0) is 27.0. The van der Waals surface area contributed by atoms with E-state index in [9.17, 15) is 28.0 Å². The van der Waals surface area contributed by atoms with E-state index in [1.165, 1.54) is 22.7 Å². The highest BCUT2D eigenvalue weighted by molar-refractivity contribution is 6.31. The molecule has 0 radical (unpaired) electrons. The van der Waals surface area contributed by atoms with Crippen LogP contribution in [-0.2, 0) is 6.54 Å². The number of hydrogen-bond donors (Lipinski definition) is 0. The lowest BCUT2D eigenvalue weighted by Gasteiger charge is -2.59. The molecule has 0 amide bonds. The van der Waals surface area contributed by atoms with Gasteiger partial charge in [-0.1, -0.05) is 29.3 Å². The summed E-state index contributed by atoms with van der Waals surface area (Å²) in [6, 6.07) is 8.73. The van der Waals surface area contributed by atoms with Gasteiger partial charge in [-0.3, -0.25) is 13.8 Å². The van der Waals surface area contributed by atoms with E-state index in [0.29, 0.717) is 10.7 Å². The number of rotatable bonds is 4. The summed E-state index contributed by atoms with van der Waals surface area (Å²) >= 11 is 12.1. The molecule has 4 aromatic rings. The lowest BCUT2D eigenvalue weighted by Crippen LogP contribution is -2.67. The van der Waals surface area contributed by atoms with Gasteiger partial charge in [0, 0.05) is 48.6 Å². The topological polar surface area (TPSA) is 88.3 Å². The Morgan fingerprint density at radius 1 is 1.11 bits per heavy atom. The van der Waals surface area contributed by atoms with Crippen LogP contribution in [0.1, 0.15) is 12.8 Å². The first-order valence-corrected chi connectivity index (χ1v) is 12.3. The number of pyridine rings is 1. The first kappa shape index (κ1) is 24.6. The van der Waals surface area contributed by atoms with Crippen LogP contribution < -0.4 is 16.1 Å². The molecule has 1 aliphatic carbocycles. The van der Waals surface area contributed by atoms with Crippen LogP contribution in [0.25, 0.3) is 22.6 Å². The van der Waals surface area contributed by atoms with Gasteiger partial charge in [-0.15, -0.1) is 0 Å². The fourth-order valence-corrected chi connectivity index (χ4v) is 5.91. The van der Waals surface area contributed by atoms with Gasteiger partial charge in [-0.05, 0) is 23.8 Å². The van der Waals surface area contributed by atoms with Gasteiger partial charge in [-0.2, -0.15) is 5.26 Å². The Morgan fingerprint density at radius 2 is 1.84 bits per heavy atom. The third-order valence-corrected chi connectivity index (χ3v) is 7.58. The highest BCUT2D eigenvalue weighted by atomic mass is 35.5. The highest BCUT2D eigenvalue weighted by Crippen LogP contribution is 2.57. The Labute approximate surface area is 222 Å². The lowest BCUT2D eigenvalue weighted by molar-refractivity contribution is -0.170. The van der Waals surface area contributed by atoms with Gasteiger partial charge in [-0.25, -0.2) is 27.5 Å². The summed E-state index contributed by atoms with van der Waals surface area (Å²) in [5, 5.41) is 9.73. The number of fused-ring (bicyclic) bond motifs is 1. The van der Waals surface area contributed by atoms with Gasteiger partial charge in [0.1, 0.15) is 29.6 Å². The normalized spacial score (nSPS) is 17.3. The minimum atomic E-state index is -2.75. The van der Waals surface area contributed by atoms with Crippen molar-refractivity contribution in [3.8, 4) is 23.0 Å². The van der Waals surface area contributed by atoms with Gasteiger partial charge in [0.25, 0.3) is 5.56 Å². The molecule has 0 atom stereocenters. The van der Waals surface area contributed by atoms with E-state index in [1.54, 1.807) is 23.2 Å². The molecule has 1 saturated heterocycles. The average Bonchev–Trinajstić information content (AvgIpc) is 3.22. The molecule has 3 aromatic heterocycles. The Hall–Kier alpha value is -3.75. The average molecular weight is 561 g/mol. The zero-order valence-electron chi connectivity index (χ0n) is 19.5. The van der Waals surface area contributed by atoms with Crippen molar-refractivity contribution in [1.82, 2.24) is 18.5 Å². The summed E-state index contributed by atoms with van der Waals surface area (Å²) in [6.07, 6.45) is 2.27. The lowest BCUT2D eigenvalue weighted by atomic mass is 9.61. The molecular weight excluding hydrogens is 544 g/mol. The van der Waals surface area contributed by atoms with Crippen LogP contribution >= 0.6 is 23.2 Å². The minimum Gasteiger partial charge on any atom is -0.356 e. The second-order valence-corrected chi connectivity index (χ2v) is 10.6. The molecule has 0 unspecified atom stereocenters. The maximum atomic E-state index is 14.1. The fourth-order valence-electron chi connectivity index (χ4n) is 5.58. The smallest absolute Gasteiger partial charge is 0.339 e. The summed E-state index contributed by atoms with van der Waals surface area (Å²) < 4.78 is 44.8. The predicted octanol–water partition coefficient (Wildman–Crippen LogP) is 4.52. The first-order chi connectivity index (χ1) is 18.0. The van der Waals surface area contributed by atoms with E-state index in [1.807, 2.05) is 6.07 Å². The maximum absolute atomic E-state index is 14.1. The number of nitrogens with zero attached hydrogens (tertiary/aromatic N) is 6. The Balaban J connectivity index is 1.62. The SMILES string of the molecule is N#CCn1c(N2CC3(C2)CC(F)(F)C3)c(-c2ccc(F)c(Cl)c2)c(=O)n(-c2cnc3cc(Cl)ccn23)c1=O. The van der Waals surface area contributed by atoms with Gasteiger partial charge >= 0.3 is 5.69 Å². The third-order valence-electron chi connectivity index (χ3n) is 7.06. The zero-order valence-corrected chi connectivity index (χ0v) is 21.0. The minimum absolute atomic E-state index is 0.0217. The van der Waals surface area contributed by atoms with Crippen LogP contribution in [0.5, 0.6) is 0 Å². The van der Waals surface area contributed by atoms with E-state index in [0.717, 1.165) is 15.2 Å². The second-order valence-electron chi connectivity index (χ2n) is 9.75. The summed E-state index contributed by atoms with van der Waals surface area (Å²) in [4.78, 5) is 33.7. The molecule has 1 spiro atoms. The van der Waals surface area contributed by atoms with Crippen molar-refractivity contribution in [2.75, 3.05) is 18.0 Å². The van der Waals surface area contributed by atoms with Crippen molar-refractivity contribution in [3.05, 3.63) is 79.4 Å². The van der Waals surface area contributed by atoms with E-state index in [4.69, 9.17) is 23.2 Å². The van der Waals surface area contributed by atoms with E-state index >= 15 is 0 Å². The molecule has 2 fully saturated rings. The van der Waals surface area contributed by atoms with Gasteiger partial charge < -0.3 is 4.90 Å². The van der Waals surface area contributed by atoms with Crippen LogP contribution in [0, 0.1) is 22.6 Å². The van der Waals surface area contributed by atoms with Gasteiger partial charge in [0.2, 0.25) is 5.92 Å². The molecule has 2 aliphatic rings. The summed E-state index contributed by atoms with van der Waals surface area (Å²) in [6.45, 7) is -0.0848. The van der Waals surface area contributed by atoms with Crippen molar-refractivity contribution in [2.45, 2.75) is 25.3 Å². The number of hydrogen-bond acceptors (Lipinski definition) is 5. The molecule has 4 heterocycles. The molecule has 13 heteroatoms. The number of alkyl halides is 2. The number of imidazole rings is 1. The predicted molar refractivity (Wildman–Crippen MR) is 135 cm³/mol. The number of nitriles is 1. The van der Waals surface area contributed by atoms with Crippen molar-refractivity contribution in [1.29, 1.82) is 5.26 Å². The Morgan fingerprint density at radius 3 is 2.50 bits per heavy atom. The Kier molecular flexibility index (Phi) is 5.42. The summed E-state index contributed by atoms with van der Waals surface area (Å²) in [5.74, 6) is -3.27. The Bertz CT molecular complexity index is 1790. The summed E-state index contributed by atoms with van der Waals surface area (Å²) in [7, 11) is 0. The van der Waals surface area contributed by atoms with Gasteiger partial charge in [0.05, 0.1) is 22.9 Å². The van der Waals surface area contributed by atoms with E-state index < -0.39 is 34.9 Å². The van der Waals surface area contributed by atoms with Crippen molar-refractivity contribution < 1.29 is 13.2 Å². The van der Waals surface area contributed by atoms with Crippen molar-refractivity contribution in [2.24, 2.45) is 5.41 Å². The molecule has 1 aromatic carbocycles. The molecular formula is C25H17Cl2F3N6O2. The number of aromatic nitrogens is 4. The van der Waals surface area contributed by atoms with Crippen LogP contribution in [0.2, 0.25) is 10.0 Å².